The van der Waals surface area contributed by atoms with E-state index < -0.39 is 0 Å². The summed E-state index contributed by atoms with van der Waals surface area (Å²) in [6.45, 7) is 2.97. The summed E-state index contributed by atoms with van der Waals surface area (Å²) in [7, 11) is 0. The van der Waals surface area contributed by atoms with Crippen LogP contribution in [0.2, 0.25) is 0 Å². The minimum absolute atomic E-state index is 0.394. The van der Waals surface area contributed by atoms with Gasteiger partial charge >= 0.3 is 0 Å². The summed E-state index contributed by atoms with van der Waals surface area (Å²) in [6, 6.07) is 5.71. The Kier molecular flexibility index (Phi) is 4.20. The predicted molar refractivity (Wildman–Crippen MR) is 68.8 cm³/mol. The van der Waals surface area contributed by atoms with Crippen molar-refractivity contribution in [3.63, 3.8) is 0 Å². The molecule has 5 heteroatoms. The number of hydrogen-bond donors (Lipinski definition) is 1. The molecular weight excluding hydrogens is 228 g/mol. The number of pyridine rings is 1. The van der Waals surface area contributed by atoms with Crippen molar-refractivity contribution in [1.82, 2.24) is 15.0 Å². The molecular formula is C13H16N4O. The van der Waals surface area contributed by atoms with E-state index in [4.69, 9.17) is 10.5 Å². The van der Waals surface area contributed by atoms with Gasteiger partial charge < -0.3 is 10.5 Å². The Morgan fingerprint density at radius 1 is 1.22 bits per heavy atom. The number of nitrogen functional groups attached to an aromatic ring is 1. The van der Waals surface area contributed by atoms with Crippen molar-refractivity contribution in [3.05, 3.63) is 47.7 Å². The van der Waals surface area contributed by atoms with Crippen LogP contribution in [0.4, 0.5) is 5.82 Å². The lowest BCUT2D eigenvalue weighted by Crippen LogP contribution is -2.05. The first kappa shape index (κ1) is 12.4. The lowest BCUT2D eigenvalue weighted by atomic mass is 10.1. The van der Waals surface area contributed by atoms with E-state index in [-0.39, 0.29) is 0 Å². The van der Waals surface area contributed by atoms with Gasteiger partial charge in [0, 0.05) is 31.5 Å². The number of rotatable bonds is 5. The van der Waals surface area contributed by atoms with Crippen LogP contribution in [-0.2, 0) is 17.8 Å². The van der Waals surface area contributed by atoms with Gasteiger partial charge in [0.2, 0.25) is 0 Å². The molecule has 0 saturated heterocycles. The van der Waals surface area contributed by atoms with Gasteiger partial charge in [-0.05, 0) is 24.6 Å². The van der Waals surface area contributed by atoms with Crippen LogP contribution >= 0.6 is 0 Å². The highest BCUT2D eigenvalue weighted by Gasteiger charge is 2.04. The van der Waals surface area contributed by atoms with Crippen LogP contribution in [-0.4, -0.2) is 21.6 Å². The number of nitrogens with zero attached hydrogens (tertiary/aromatic N) is 3. The van der Waals surface area contributed by atoms with E-state index in [1.165, 1.54) is 0 Å². The third-order valence-electron chi connectivity index (χ3n) is 2.42. The molecule has 0 spiro atoms. The van der Waals surface area contributed by atoms with E-state index in [1.807, 2.05) is 19.1 Å². The van der Waals surface area contributed by atoms with E-state index in [0.29, 0.717) is 31.3 Å². The Bertz CT molecular complexity index is 502. The molecule has 0 fully saturated rings. The summed E-state index contributed by atoms with van der Waals surface area (Å²) in [5.41, 5.74) is 7.80. The van der Waals surface area contributed by atoms with Crippen molar-refractivity contribution in [1.29, 1.82) is 0 Å². The first-order valence-corrected chi connectivity index (χ1v) is 5.87. The normalized spacial score (nSPS) is 10.5. The molecule has 0 unspecified atom stereocenters. The molecule has 0 atom stereocenters. The summed E-state index contributed by atoms with van der Waals surface area (Å²) in [6.07, 6.45) is 4.25. The average Bonchev–Trinajstić information content (AvgIpc) is 2.37. The first-order valence-electron chi connectivity index (χ1n) is 5.87. The minimum Gasteiger partial charge on any atom is -0.384 e. The molecule has 0 bridgehead atoms. The standard InChI is InChI=1S/C13H16N4O/c1-2-18-9-13-16-11(8-12(14)17-13)7-10-3-5-15-6-4-10/h3-6,8H,2,7,9H2,1H3,(H2,14,16,17). The SMILES string of the molecule is CCOCc1nc(N)cc(Cc2ccncc2)n1. The van der Waals surface area contributed by atoms with E-state index in [9.17, 15) is 0 Å². The molecule has 2 N–H and O–H groups in total. The Morgan fingerprint density at radius 2 is 2.00 bits per heavy atom. The maximum atomic E-state index is 5.77. The summed E-state index contributed by atoms with van der Waals surface area (Å²) in [5.74, 6) is 1.10. The molecule has 0 aromatic carbocycles. The fraction of sp³-hybridized carbons (Fsp3) is 0.308. The Morgan fingerprint density at radius 3 is 2.72 bits per heavy atom. The average molecular weight is 244 g/mol. The Labute approximate surface area is 106 Å². The molecule has 0 radical (unpaired) electrons. The van der Waals surface area contributed by atoms with Crippen LogP contribution in [0.25, 0.3) is 0 Å². The molecule has 0 saturated carbocycles. The predicted octanol–water partition coefficient (Wildman–Crippen LogP) is 1.58. The third kappa shape index (κ3) is 3.49. The van der Waals surface area contributed by atoms with Crippen molar-refractivity contribution in [2.45, 2.75) is 20.0 Å². The number of nitrogens with two attached hydrogens (primary N) is 1. The number of aromatic nitrogens is 3. The van der Waals surface area contributed by atoms with Crippen LogP contribution in [0.15, 0.2) is 30.6 Å². The van der Waals surface area contributed by atoms with Gasteiger partial charge in [0.1, 0.15) is 12.4 Å². The molecule has 94 valence electrons. The zero-order valence-corrected chi connectivity index (χ0v) is 10.3. The maximum absolute atomic E-state index is 5.77. The zero-order valence-electron chi connectivity index (χ0n) is 10.3. The van der Waals surface area contributed by atoms with E-state index in [1.54, 1.807) is 18.5 Å². The fourth-order valence-electron chi connectivity index (χ4n) is 1.63. The van der Waals surface area contributed by atoms with Crippen molar-refractivity contribution in [3.8, 4) is 0 Å². The van der Waals surface area contributed by atoms with Crippen LogP contribution in [0, 0.1) is 0 Å². The minimum atomic E-state index is 0.394. The Hall–Kier alpha value is -2.01. The molecule has 0 aliphatic heterocycles. The molecule has 2 aromatic rings. The van der Waals surface area contributed by atoms with Crippen molar-refractivity contribution >= 4 is 5.82 Å². The van der Waals surface area contributed by atoms with Gasteiger partial charge in [-0.25, -0.2) is 9.97 Å². The molecule has 5 nitrogen and oxygen atoms in total. The second-order valence-electron chi connectivity index (χ2n) is 3.87. The van der Waals surface area contributed by atoms with Crippen LogP contribution in [0.3, 0.4) is 0 Å². The quantitative estimate of drug-likeness (QED) is 0.864. The highest BCUT2D eigenvalue weighted by molar-refractivity contribution is 5.32. The lowest BCUT2D eigenvalue weighted by Gasteiger charge is -2.06. The molecule has 0 aliphatic carbocycles. The van der Waals surface area contributed by atoms with Crippen LogP contribution in [0.1, 0.15) is 24.0 Å². The van der Waals surface area contributed by atoms with Gasteiger partial charge in [0.15, 0.2) is 5.82 Å². The summed E-state index contributed by atoms with van der Waals surface area (Å²) in [5, 5.41) is 0. The van der Waals surface area contributed by atoms with Gasteiger partial charge in [-0.15, -0.1) is 0 Å². The van der Waals surface area contributed by atoms with Crippen molar-refractivity contribution in [2.24, 2.45) is 0 Å². The molecule has 0 amide bonds. The van der Waals surface area contributed by atoms with E-state index in [2.05, 4.69) is 15.0 Å². The molecule has 18 heavy (non-hydrogen) atoms. The molecule has 0 aliphatic rings. The van der Waals surface area contributed by atoms with Gasteiger partial charge in [0.25, 0.3) is 0 Å². The highest BCUT2D eigenvalue weighted by atomic mass is 16.5. The second kappa shape index (κ2) is 6.07. The molecule has 2 aromatic heterocycles. The highest BCUT2D eigenvalue weighted by Crippen LogP contribution is 2.09. The third-order valence-corrected chi connectivity index (χ3v) is 2.42. The van der Waals surface area contributed by atoms with Crippen molar-refractivity contribution in [2.75, 3.05) is 12.3 Å². The van der Waals surface area contributed by atoms with Gasteiger partial charge in [-0.3, -0.25) is 4.98 Å². The monoisotopic (exact) mass is 244 g/mol. The lowest BCUT2D eigenvalue weighted by molar-refractivity contribution is 0.128. The first-order chi connectivity index (χ1) is 8.78. The maximum Gasteiger partial charge on any atom is 0.156 e. The van der Waals surface area contributed by atoms with Crippen LogP contribution < -0.4 is 5.73 Å². The summed E-state index contributed by atoms with van der Waals surface area (Å²) >= 11 is 0. The van der Waals surface area contributed by atoms with Gasteiger partial charge in [-0.1, -0.05) is 0 Å². The summed E-state index contributed by atoms with van der Waals surface area (Å²) < 4.78 is 5.29. The van der Waals surface area contributed by atoms with E-state index in [0.717, 1.165) is 11.3 Å². The fourth-order valence-corrected chi connectivity index (χ4v) is 1.63. The smallest absolute Gasteiger partial charge is 0.156 e. The number of ether oxygens (including phenoxy) is 1. The number of hydrogen-bond acceptors (Lipinski definition) is 5. The molecule has 2 heterocycles. The van der Waals surface area contributed by atoms with Crippen LogP contribution in [0.5, 0.6) is 0 Å². The van der Waals surface area contributed by atoms with E-state index >= 15 is 0 Å². The molecule has 2 rings (SSSR count). The summed E-state index contributed by atoms with van der Waals surface area (Å²) in [4.78, 5) is 12.6. The van der Waals surface area contributed by atoms with Crippen molar-refractivity contribution < 1.29 is 4.74 Å². The topological polar surface area (TPSA) is 73.9 Å². The van der Waals surface area contributed by atoms with Gasteiger partial charge in [-0.2, -0.15) is 0 Å². The van der Waals surface area contributed by atoms with Gasteiger partial charge in [0.05, 0.1) is 5.69 Å². The second-order valence-corrected chi connectivity index (χ2v) is 3.87. The number of anilines is 1. The zero-order chi connectivity index (χ0) is 12.8. The largest absolute Gasteiger partial charge is 0.384 e. The Balaban J connectivity index is 2.15.